The van der Waals surface area contributed by atoms with Crippen LogP contribution in [-0.2, 0) is 6.54 Å². The summed E-state index contributed by atoms with van der Waals surface area (Å²) in [4.78, 5) is 9.62. The van der Waals surface area contributed by atoms with Crippen LogP contribution in [0.15, 0.2) is 53.8 Å². The summed E-state index contributed by atoms with van der Waals surface area (Å²) in [7, 11) is 0. The SMILES string of the molecule is CCNC(=NCCCn1cccn1)N1CCN(c2ccccc2)CC1.I. The maximum absolute atomic E-state index is 4.81. The molecule has 0 spiro atoms. The fraction of sp³-hybridized carbons (Fsp3) is 0.474. The number of aromatic nitrogens is 2. The van der Waals surface area contributed by atoms with E-state index >= 15 is 0 Å². The Hall–Kier alpha value is -1.77. The number of halogens is 1. The van der Waals surface area contributed by atoms with Gasteiger partial charge in [0.15, 0.2) is 5.96 Å². The smallest absolute Gasteiger partial charge is 0.194 e. The average Bonchev–Trinajstić information content (AvgIpc) is 3.19. The number of hydrogen-bond acceptors (Lipinski definition) is 3. The van der Waals surface area contributed by atoms with Crippen LogP contribution in [0, 0.1) is 0 Å². The number of nitrogens with one attached hydrogen (secondary N) is 1. The lowest BCUT2D eigenvalue weighted by Crippen LogP contribution is -2.52. The first-order chi connectivity index (χ1) is 12.4. The average molecular weight is 468 g/mol. The van der Waals surface area contributed by atoms with Crippen LogP contribution in [0.1, 0.15) is 13.3 Å². The molecule has 26 heavy (non-hydrogen) atoms. The third kappa shape index (κ3) is 5.89. The molecule has 1 aliphatic heterocycles. The second kappa shape index (κ2) is 11.1. The standard InChI is InChI=1S/C19H28N6.HI/c1-2-20-19(21-10-6-12-25-13-7-11-22-25)24-16-14-23(15-17-24)18-8-4-3-5-9-18;/h3-5,7-9,11,13H,2,6,10,12,14-17H2,1H3,(H,20,21);1H. The lowest BCUT2D eigenvalue weighted by Gasteiger charge is -2.37. The van der Waals surface area contributed by atoms with Crippen LogP contribution in [0.5, 0.6) is 0 Å². The van der Waals surface area contributed by atoms with Crippen molar-refractivity contribution in [1.29, 1.82) is 0 Å². The Morgan fingerprint density at radius 3 is 2.54 bits per heavy atom. The van der Waals surface area contributed by atoms with E-state index < -0.39 is 0 Å². The molecule has 1 aromatic carbocycles. The quantitative estimate of drug-likeness (QED) is 0.307. The molecule has 0 amide bonds. The Labute approximate surface area is 173 Å². The normalized spacial score (nSPS) is 14.9. The van der Waals surface area contributed by atoms with Crippen molar-refractivity contribution in [3.8, 4) is 0 Å². The van der Waals surface area contributed by atoms with Crippen molar-refractivity contribution in [3.05, 3.63) is 48.8 Å². The molecule has 1 aliphatic rings. The van der Waals surface area contributed by atoms with Gasteiger partial charge in [-0.05, 0) is 31.5 Å². The summed E-state index contributed by atoms with van der Waals surface area (Å²) in [5.41, 5.74) is 1.31. The number of rotatable bonds is 6. The number of anilines is 1. The van der Waals surface area contributed by atoms with Gasteiger partial charge in [-0.1, -0.05) is 18.2 Å². The summed E-state index contributed by atoms with van der Waals surface area (Å²) in [6.45, 7) is 8.82. The Kier molecular flexibility index (Phi) is 8.73. The first-order valence-electron chi connectivity index (χ1n) is 9.17. The minimum absolute atomic E-state index is 0. The lowest BCUT2D eigenvalue weighted by atomic mass is 10.2. The number of piperazine rings is 1. The molecule has 0 radical (unpaired) electrons. The summed E-state index contributed by atoms with van der Waals surface area (Å²) in [5.74, 6) is 1.04. The zero-order chi connectivity index (χ0) is 17.3. The molecule has 0 unspecified atom stereocenters. The molecule has 1 N–H and O–H groups in total. The molecule has 1 aromatic heterocycles. The summed E-state index contributed by atoms with van der Waals surface area (Å²) in [6, 6.07) is 12.6. The van der Waals surface area contributed by atoms with Crippen molar-refractivity contribution in [2.75, 3.05) is 44.2 Å². The van der Waals surface area contributed by atoms with Gasteiger partial charge in [-0.2, -0.15) is 5.10 Å². The van der Waals surface area contributed by atoms with Gasteiger partial charge in [-0.25, -0.2) is 0 Å². The Morgan fingerprint density at radius 2 is 1.88 bits per heavy atom. The molecule has 2 aromatic rings. The van der Waals surface area contributed by atoms with Crippen molar-refractivity contribution >= 4 is 35.6 Å². The minimum atomic E-state index is 0. The molecule has 1 saturated heterocycles. The maximum atomic E-state index is 4.81. The van der Waals surface area contributed by atoms with Crippen molar-refractivity contribution in [2.24, 2.45) is 4.99 Å². The zero-order valence-corrected chi connectivity index (χ0v) is 17.8. The molecule has 142 valence electrons. The van der Waals surface area contributed by atoms with Crippen molar-refractivity contribution in [1.82, 2.24) is 20.0 Å². The van der Waals surface area contributed by atoms with Gasteiger partial charge >= 0.3 is 0 Å². The zero-order valence-electron chi connectivity index (χ0n) is 15.4. The van der Waals surface area contributed by atoms with E-state index in [1.807, 2.05) is 23.1 Å². The predicted octanol–water partition coefficient (Wildman–Crippen LogP) is 2.68. The lowest BCUT2D eigenvalue weighted by molar-refractivity contribution is 0.372. The van der Waals surface area contributed by atoms with Crippen LogP contribution >= 0.6 is 24.0 Å². The van der Waals surface area contributed by atoms with E-state index in [2.05, 4.69) is 57.5 Å². The Balaban J connectivity index is 0.00000243. The third-order valence-corrected chi connectivity index (χ3v) is 4.40. The summed E-state index contributed by atoms with van der Waals surface area (Å²) >= 11 is 0. The molecule has 0 bridgehead atoms. The van der Waals surface area contributed by atoms with Crippen LogP contribution in [0.3, 0.4) is 0 Å². The molecule has 3 rings (SSSR count). The number of hydrogen-bond donors (Lipinski definition) is 1. The third-order valence-electron chi connectivity index (χ3n) is 4.40. The monoisotopic (exact) mass is 468 g/mol. The predicted molar refractivity (Wildman–Crippen MR) is 118 cm³/mol. The largest absolute Gasteiger partial charge is 0.368 e. The summed E-state index contributed by atoms with van der Waals surface area (Å²) in [6.07, 6.45) is 4.82. The van der Waals surface area contributed by atoms with Crippen LogP contribution in [0.2, 0.25) is 0 Å². The van der Waals surface area contributed by atoms with E-state index in [0.717, 1.165) is 58.2 Å². The van der Waals surface area contributed by atoms with E-state index in [9.17, 15) is 0 Å². The van der Waals surface area contributed by atoms with Crippen LogP contribution in [0.25, 0.3) is 0 Å². The van der Waals surface area contributed by atoms with Crippen LogP contribution < -0.4 is 10.2 Å². The van der Waals surface area contributed by atoms with Gasteiger partial charge in [0, 0.05) is 63.9 Å². The van der Waals surface area contributed by atoms with E-state index in [1.54, 1.807) is 0 Å². The van der Waals surface area contributed by atoms with Gasteiger partial charge in [0.2, 0.25) is 0 Å². The molecule has 7 heteroatoms. The molecular weight excluding hydrogens is 439 g/mol. The van der Waals surface area contributed by atoms with Gasteiger partial charge in [0.05, 0.1) is 0 Å². The fourth-order valence-corrected chi connectivity index (χ4v) is 3.09. The minimum Gasteiger partial charge on any atom is -0.368 e. The van der Waals surface area contributed by atoms with E-state index in [0.29, 0.717) is 0 Å². The number of aliphatic imine (C=N–C) groups is 1. The first kappa shape index (κ1) is 20.5. The van der Waals surface area contributed by atoms with Gasteiger partial charge in [0.25, 0.3) is 0 Å². The Morgan fingerprint density at radius 1 is 1.12 bits per heavy atom. The molecule has 2 heterocycles. The summed E-state index contributed by atoms with van der Waals surface area (Å²) < 4.78 is 1.96. The topological polar surface area (TPSA) is 48.7 Å². The van der Waals surface area contributed by atoms with Gasteiger partial charge < -0.3 is 15.1 Å². The van der Waals surface area contributed by atoms with E-state index in [4.69, 9.17) is 4.99 Å². The Bertz CT molecular complexity index is 635. The fourth-order valence-electron chi connectivity index (χ4n) is 3.09. The number of aryl methyl sites for hydroxylation is 1. The van der Waals surface area contributed by atoms with Gasteiger partial charge in [-0.3, -0.25) is 9.67 Å². The summed E-state index contributed by atoms with van der Waals surface area (Å²) in [5, 5.41) is 7.67. The first-order valence-corrected chi connectivity index (χ1v) is 9.17. The van der Waals surface area contributed by atoms with Gasteiger partial charge in [-0.15, -0.1) is 24.0 Å². The van der Waals surface area contributed by atoms with E-state index in [-0.39, 0.29) is 24.0 Å². The van der Waals surface area contributed by atoms with E-state index in [1.165, 1.54) is 5.69 Å². The number of nitrogens with zero attached hydrogens (tertiary/aromatic N) is 5. The second-order valence-corrected chi connectivity index (χ2v) is 6.17. The highest BCUT2D eigenvalue weighted by molar-refractivity contribution is 14.0. The number of para-hydroxylation sites is 1. The second-order valence-electron chi connectivity index (χ2n) is 6.17. The number of benzene rings is 1. The highest BCUT2D eigenvalue weighted by Crippen LogP contribution is 2.15. The molecular formula is C19H29IN6. The van der Waals surface area contributed by atoms with Crippen LogP contribution in [0.4, 0.5) is 5.69 Å². The molecule has 1 fully saturated rings. The molecule has 0 saturated carbocycles. The maximum Gasteiger partial charge on any atom is 0.194 e. The van der Waals surface area contributed by atoms with Crippen LogP contribution in [-0.4, -0.2) is 59.9 Å². The van der Waals surface area contributed by atoms with Gasteiger partial charge in [0.1, 0.15) is 0 Å². The molecule has 0 atom stereocenters. The molecule has 6 nitrogen and oxygen atoms in total. The highest BCUT2D eigenvalue weighted by Gasteiger charge is 2.19. The highest BCUT2D eigenvalue weighted by atomic mass is 127. The van der Waals surface area contributed by atoms with Crippen molar-refractivity contribution in [3.63, 3.8) is 0 Å². The molecule has 0 aliphatic carbocycles. The van der Waals surface area contributed by atoms with Crippen molar-refractivity contribution < 1.29 is 0 Å². The van der Waals surface area contributed by atoms with Crippen molar-refractivity contribution in [2.45, 2.75) is 19.9 Å². The number of guanidine groups is 1.